The van der Waals surface area contributed by atoms with Crippen LogP contribution in [0.25, 0.3) is 22.6 Å². The van der Waals surface area contributed by atoms with Gasteiger partial charge in [-0.25, -0.2) is 0 Å². The van der Waals surface area contributed by atoms with Gasteiger partial charge in [0, 0.05) is 37.6 Å². The molecule has 1 atom stereocenters. The predicted molar refractivity (Wildman–Crippen MR) is 106 cm³/mol. The van der Waals surface area contributed by atoms with Gasteiger partial charge in [-0.2, -0.15) is 4.98 Å². The smallest absolute Gasteiger partial charge is 0.260 e. The van der Waals surface area contributed by atoms with Crippen LogP contribution in [-0.2, 0) is 0 Å². The first kappa shape index (κ1) is 18.8. The van der Waals surface area contributed by atoms with Crippen LogP contribution in [0, 0.1) is 0 Å². The summed E-state index contributed by atoms with van der Waals surface area (Å²) in [5.41, 5.74) is 2.86. The summed E-state index contributed by atoms with van der Waals surface area (Å²) in [6, 6.07) is 6.05. The molecule has 28 heavy (non-hydrogen) atoms. The average molecular weight is 404 g/mol. The van der Waals surface area contributed by atoms with Gasteiger partial charge >= 0.3 is 0 Å². The summed E-state index contributed by atoms with van der Waals surface area (Å²) in [6.07, 6.45) is 3.81. The van der Waals surface area contributed by atoms with Crippen molar-refractivity contribution in [2.75, 3.05) is 39.9 Å². The molecule has 4 heterocycles. The number of aromatic nitrogens is 3. The third-order valence-corrected chi connectivity index (χ3v) is 5.08. The van der Waals surface area contributed by atoms with E-state index in [1.165, 1.54) is 0 Å². The van der Waals surface area contributed by atoms with Gasteiger partial charge in [-0.1, -0.05) is 11.2 Å². The minimum atomic E-state index is 0. The lowest BCUT2D eigenvalue weighted by Gasteiger charge is -2.30. The Hall–Kier alpha value is -2.55. The summed E-state index contributed by atoms with van der Waals surface area (Å²) in [5, 5.41) is 7.60. The molecule has 2 N–H and O–H groups in total. The highest BCUT2D eigenvalue weighted by Gasteiger charge is 2.26. The van der Waals surface area contributed by atoms with Gasteiger partial charge in [0.05, 0.1) is 11.6 Å². The van der Waals surface area contributed by atoms with Crippen molar-refractivity contribution in [2.24, 2.45) is 0 Å². The molecule has 2 aromatic heterocycles. The maximum absolute atomic E-state index is 5.70. The normalized spacial score (nSPS) is 19.2. The number of H-pyrrole nitrogens is 1. The second-order valence-electron chi connectivity index (χ2n) is 6.80. The fraction of sp³-hybridized carbons (Fsp3) is 0.368. The number of nitrogens with zero attached hydrogens (tertiary/aromatic N) is 3. The molecule has 0 radical (unpaired) electrons. The molecule has 0 spiro atoms. The molecule has 1 fully saturated rings. The molecule has 2 aliphatic rings. The molecule has 2 aliphatic heterocycles. The number of nitrogens with one attached hydrogen (secondary N) is 2. The number of benzene rings is 1. The molecular formula is C19H22ClN5O3. The van der Waals surface area contributed by atoms with E-state index in [1.807, 2.05) is 30.6 Å². The van der Waals surface area contributed by atoms with Crippen LogP contribution in [0.1, 0.15) is 11.9 Å². The van der Waals surface area contributed by atoms with Crippen LogP contribution in [-0.4, -0.2) is 59.9 Å². The van der Waals surface area contributed by atoms with E-state index in [0.717, 1.165) is 47.8 Å². The molecular weight excluding hydrogens is 382 g/mol. The van der Waals surface area contributed by atoms with Crippen molar-refractivity contribution in [3.05, 3.63) is 36.4 Å². The first-order valence-electron chi connectivity index (χ1n) is 9.11. The molecule has 0 amide bonds. The highest BCUT2D eigenvalue weighted by Crippen LogP contribution is 2.38. The van der Waals surface area contributed by atoms with Crippen molar-refractivity contribution in [1.82, 2.24) is 25.3 Å². The standard InChI is InChI=1S/C19H21N5O3.ClH/c1-24-5-4-20-11-15(24)18-22-19(27-23-18)14-10-21-9-13(14)12-2-3-16-17(8-12)26-7-6-25-16;/h2-3,8-10,15,20-21H,4-7,11H2,1H3;1H. The van der Waals surface area contributed by atoms with Crippen molar-refractivity contribution >= 4 is 12.4 Å². The van der Waals surface area contributed by atoms with Crippen molar-refractivity contribution in [2.45, 2.75) is 6.04 Å². The zero-order valence-electron chi connectivity index (χ0n) is 15.5. The van der Waals surface area contributed by atoms with E-state index in [1.54, 1.807) is 0 Å². The molecule has 1 saturated heterocycles. The van der Waals surface area contributed by atoms with Crippen LogP contribution in [0.2, 0.25) is 0 Å². The molecule has 5 rings (SSSR count). The van der Waals surface area contributed by atoms with E-state index in [0.29, 0.717) is 24.9 Å². The number of likely N-dealkylation sites (N-methyl/N-ethyl adjacent to an activating group) is 1. The number of piperazine rings is 1. The molecule has 0 aliphatic carbocycles. The third kappa shape index (κ3) is 3.34. The number of rotatable bonds is 3. The Labute approximate surface area is 168 Å². The maximum Gasteiger partial charge on any atom is 0.260 e. The minimum Gasteiger partial charge on any atom is -0.486 e. The SMILES string of the molecule is CN1CCNCC1c1noc(-c2c[nH]cc2-c2ccc3c(c2)OCCO3)n1.Cl. The summed E-state index contributed by atoms with van der Waals surface area (Å²) in [7, 11) is 2.08. The molecule has 0 bridgehead atoms. The Morgan fingerprint density at radius 2 is 1.93 bits per heavy atom. The van der Waals surface area contributed by atoms with Crippen molar-refractivity contribution in [3.63, 3.8) is 0 Å². The Morgan fingerprint density at radius 3 is 2.79 bits per heavy atom. The second kappa shape index (κ2) is 7.83. The van der Waals surface area contributed by atoms with Gasteiger partial charge in [0.2, 0.25) is 0 Å². The summed E-state index contributed by atoms with van der Waals surface area (Å²) in [5.74, 6) is 2.74. The lowest BCUT2D eigenvalue weighted by Crippen LogP contribution is -2.44. The van der Waals surface area contributed by atoms with Crippen LogP contribution >= 0.6 is 12.4 Å². The molecule has 1 unspecified atom stereocenters. The molecule has 1 aromatic carbocycles. The van der Waals surface area contributed by atoms with Crippen molar-refractivity contribution in [3.8, 4) is 34.1 Å². The summed E-state index contributed by atoms with van der Waals surface area (Å²) in [6.45, 7) is 3.89. The summed E-state index contributed by atoms with van der Waals surface area (Å²) >= 11 is 0. The first-order valence-corrected chi connectivity index (χ1v) is 9.11. The van der Waals surface area contributed by atoms with Crippen LogP contribution in [0.15, 0.2) is 35.1 Å². The predicted octanol–water partition coefficient (Wildman–Crippen LogP) is 2.50. The second-order valence-corrected chi connectivity index (χ2v) is 6.80. The van der Waals surface area contributed by atoms with Crippen LogP contribution in [0.5, 0.6) is 11.5 Å². The van der Waals surface area contributed by atoms with Crippen LogP contribution < -0.4 is 14.8 Å². The van der Waals surface area contributed by atoms with Gasteiger partial charge in [-0.05, 0) is 24.7 Å². The highest BCUT2D eigenvalue weighted by atomic mass is 35.5. The van der Waals surface area contributed by atoms with E-state index in [9.17, 15) is 0 Å². The third-order valence-electron chi connectivity index (χ3n) is 5.08. The largest absolute Gasteiger partial charge is 0.486 e. The lowest BCUT2D eigenvalue weighted by atomic mass is 10.0. The van der Waals surface area contributed by atoms with Crippen LogP contribution in [0.4, 0.5) is 0 Å². The highest BCUT2D eigenvalue weighted by molar-refractivity contribution is 5.85. The molecule has 148 valence electrons. The van der Waals surface area contributed by atoms with Gasteiger partial charge in [-0.3, -0.25) is 4.90 Å². The van der Waals surface area contributed by atoms with Crippen molar-refractivity contribution in [1.29, 1.82) is 0 Å². The lowest BCUT2D eigenvalue weighted by molar-refractivity contribution is 0.171. The van der Waals surface area contributed by atoms with Gasteiger partial charge < -0.3 is 24.3 Å². The minimum absolute atomic E-state index is 0. The Kier molecular flexibility index (Phi) is 5.25. The van der Waals surface area contributed by atoms with Gasteiger partial charge in [-0.15, -0.1) is 12.4 Å². The summed E-state index contributed by atoms with van der Waals surface area (Å²) in [4.78, 5) is 10.1. The number of halogens is 1. The molecule has 3 aromatic rings. The van der Waals surface area contributed by atoms with Gasteiger partial charge in [0.25, 0.3) is 5.89 Å². The Bertz CT molecular complexity index is 957. The fourth-order valence-electron chi connectivity index (χ4n) is 3.56. The molecule has 9 heteroatoms. The number of ether oxygens (including phenoxy) is 2. The zero-order valence-corrected chi connectivity index (χ0v) is 16.3. The monoisotopic (exact) mass is 403 g/mol. The molecule has 8 nitrogen and oxygen atoms in total. The van der Waals surface area contributed by atoms with E-state index in [4.69, 9.17) is 14.0 Å². The number of hydrogen-bond donors (Lipinski definition) is 2. The summed E-state index contributed by atoms with van der Waals surface area (Å²) < 4.78 is 16.9. The number of hydrogen-bond acceptors (Lipinski definition) is 7. The first-order chi connectivity index (χ1) is 13.3. The molecule has 0 saturated carbocycles. The maximum atomic E-state index is 5.70. The van der Waals surface area contributed by atoms with Gasteiger partial charge in [0.1, 0.15) is 13.2 Å². The number of fused-ring (bicyclic) bond motifs is 1. The Morgan fingerprint density at radius 1 is 1.11 bits per heavy atom. The Balaban J connectivity index is 0.00000192. The number of aromatic amines is 1. The van der Waals surface area contributed by atoms with Crippen molar-refractivity contribution < 1.29 is 14.0 Å². The van der Waals surface area contributed by atoms with E-state index < -0.39 is 0 Å². The fourth-order valence-corrected chi connectivity index (χ4v) is 3.56. The zero-order chi connectivity index (χ0) is 18.2. The quantitative estimate of drug-likeness (QED) is 0.694. The average Bonchev–Trinajstić information content (AvgIpc) is 3.37. The van der Waals surface area contributed by atoms with E-state index in [-0.39, 0.29) is 18.4 Å². The topological polar surface area (TPSA) is 88.4 Å². The van der Waals surface area contributed by atoms with E-state index >= 15 is 0 Å². The van der Waals surface area contributed by atoms with Gasteiger partial charge in [0.15, 0.2) is 17.3 Å². The van der Waals surface area contributed by atoms with Crippen LogP contribution in [0.3, 0.4) is 0 Å². The van der Waals surface area contributed by atoms with E-state index in [2.05, 4.69) is 32.4 Å².